The van der Waals surface area contributed by atoms with Crippen molar-refractivity contribution in [1.82, 2.24) is 0 Å². The Morgan fingerprint density at radius 1 is 1.12 bits per heavy atom. The van der Waals surface area contributed by atoms with E-state index < -0.39 is 11.9 Å². The molecule has 0 aliphatic rings. The molecule has 0 aliphatic heterocycles. The van der Waals surface area contributed by atoms with Crippen molar-refractivity contribution in [2.75, 3.05) is 12.4 Å². The van der Waals surface area contributed by atoms with Crippen LogP contribution in [-0.2, 0) is 11.4 Å². The lowest BCUT2D eigenvalue weighted by atomic mass is 10.1. The van der Waals surface area contributed by atoms with Crippen molar-refractivity contribution in [3.63, 3.8) is 0 Å². The summed E-state index contributed by atoms with van der Waals surface area (Å²) >= 11 is 6.09. The Labute approximate surface area is 201 Å². The Hall–Kier alpha value is -4.28. The first-order valence-electron chi connectivity index (χ1n) is 10.1. The fourth-order valence-electron chi connectivity index (χ4n) is 3.10. The summed E-state index contributed by atoms with van der Waals surface area (Å²) in [6, 6.07) is 18.5. The molecule has 7 nitrogen and oxygen atoms in total. The summed E-state index contributed by atoms with van der Waals surface area (Å²) in [6.45, 7) is 1.91. The third kappa shape index (κ3) is 5.94. The Morgan fingerprint density at radius 2 is 1.88 bits per heavy atom. The second kappa shape index (κ2) is 11.0. The quantitative estimate of drug-likeness (QED) is 0.329. The molecule has 0 saturated carbocycles. The standard InChI is InChI=1S/C26H21ClN2O5/c1-16-21(27)7-4-8-22(16)29-25(30)20(14-28)11-17-9-10-23(24(13-17)33-2)34-15-18-5-3-6-19(12-18)26(31)32/h3-13H,15H2,1-2H3,(H,29,30)(H,31,32). The van der Waals surface area contributed by atoms with Crippen LogP contribution in [0.5, 0.6) is 11.5 Å². The monoisotopic (exact) mass is 476 g/mol. The van der Waals surface area contributed by atoms with E-state index >= 15 is 0 Å². The number of halogens is 1. The van der Waals surface area contributed by atoms with E-state index in [1.165, 1.54) is 25.3 Å². The van der Waals surface area contributed by atoms with Gasteiger partial charge in [0.1, 0.15) is 18.2 Å². The van der Waals surface area contributed by atoms with Crippen molar-refractivity contribution in [3.8, 4) is 17.6 Å². The molecular formula is C26H21ClN2O5. The number of methoxy groups -OCH3 is 1. The first-order valence-corrected chi connectivity index (χ1v) is 10.5. The van der Waals surface area contributed by atoms with Crippen LogP contribution in [0.1, 0.15) is 27.0 Å². The summed E-state index contributed by atoms with van der Waals surface area (Å²) in [7, 11) is 1.47. The highest BCUT2D eigenvalue weighted by Crippen LogP contribution is 2.30. The number of nitrogens with zero attached hydrogens (tertiary/aromatic N) is 1. The van der Waals surface area contributed by atoms with Gasteiger partial charge in [0.2, 0.25) is 0 Å². The molecule has 0 spiro atoms. The molecule has 0 atom stereocenters. The van der Waals surface area contributed by atoms with Crippen LogP contribution >= 0.6 is 11.6 Å². The van der Waals surface area contributed by atoms with Crippen molar-refractivity contribution in [3.05, 3.63) is 93.5 Å². The second-order valence-electron chi connectivity index (χ2n) is 7.24. The number of nitrogens with one attached hydrogen (secondary N) is 1. The highest BCUT2D eigenvalue weighted by atomic mass is 35.5. The van der Waals surface area contributed by atoms with Crippen molar-refractivity contribution in [2.24, 2.45) is 0 Å². The van der Waals surface area contributed by atoms with Crippen molar-refractivity contribution in [1.29, 1.82) is 5.26 Å². The van der Waals surface area contributed by atoms with Gasteiger partial charge in [0.05, 0.1) is 12.7 Å². The molecule has 0 heterocycles. The fourth-order valence-corrected chi connectivity index (χ4v) is 3.27. The van der Waals surface area contributed by atoms with E-state index in [4.69, 9.17) is 26.2 Å². The van der Waals surface area contributed by atoms with Crippen LogP contribution < -0.4 is 14.8 Å². The third-order valence-corrected chi connectivity index (χ3v) is 5.36. The van der Waals surface area contributed by atoms with E-state index in [1.807, 2.05) is 6.07 Å². The van der Waals surface area contributed by atoms with E-state index in [-0.39, 0.29) is 17.7 Å². The molecule has 8 heteroatoms. The van der Waals surface area contributed by atoms with Crippen LogP contribution in [0.3, 0.4) is 0 Å². The van der Waals surface area contributed by atoms with E-state index in [9.17, 15) is 14.9 Å². The number of aromatic carboxylic acids is 1. The predicted molar refractivity (Wildman–Crippen MR) is 129 cm³/mol. The molecule has 3 aromatic carbocycles. The number of carbonyl (C=O) groups is 2. The summed E-state index contributed by atoms with van der Waals surface area (Å²) in [6.07, 6.45) is 1.44. The van der Waals surface area contributed by atoms with Gasteiger partial charge in [-0.3, -0.25) is 4.79 Å². The largest absolute Gasteiger partial charge is 0.493 e. The molecular weight excluding hydrogens is 456 g/mol. The Morgan fingerprint density at radius 3 is 2.59 bits per heavy atom. The molecule has 0 aliphatic carbocycles. The lowest BCUT2D eigenvalue weighted by molar-refractivity contribution is -0.112. The maximum atomic E-state index is 12.6. The second-order valence-corrected chi connectivity index (χ2v) is 7.65. The number of carboxylic acid groups (broad SMARTS) is 1. The van der Waals surface area contributed by atoms with E-state index in [0.717, 1.165) is 0 Å². The SMILES string of the molecule is COc1cc(C=C(C#N)C(=O)Nc2cccc(Cl)c2C)ccc1OCc1cccc(C(=O)O)c1. The van der Waals surface area contributed by atoms with Gasteiger partial charge in [-0.2, -0.15) is 5.26 Å². The number of carboxylic acids is 1. The summed E-state index contributed by atoms with van der Waals surface area (Å²) in [5, 5.41) is 21.8. The van der Waals surface area contributed by atoms with E-state index in [0.29, 0.717) is 38.9 Å². The summed E-state index contributed by atoms with van der Waals surface area (Å²) in [5.74, 6) is -0.756. The van der Waals surface area contributed by atoms with Crippen molar-refractivity contribution < 1.29 is 24.2 Å². The highest BCUT2D eigenvalue weighted by Gasteiger charge is 2.13. The molecule has 1 amide bonds. The topological polar surface area (TPSA) is 109 Å². The van der Waals surface area contributed by atoms with Crippen LogP contribution in [0.25, 0.3) is 6.08 Å². The summed E-state index contributed by atoms with van der Waals surface area (Å²) in [4.78, 5) is 23.8. The van der Waals surface area contributed by atoms with E-state index in [2.05, 4.69) is 5.32 Å². The number of benzene rings is 3. The molecule has 0 radical (unpaired) electrons. The number of hydrogen-bond donors (Lipinski definition) is 2. The Kier molecular flexibility index (Phi) is 7.91. The van der Waals surface area contributed by atoms with Gasteiger partial charge < -0.3 is 19.9 Å². The van der Waals surface area contributed by atoms with Gasteiger partial charge in [-0.15, -0.1) is 0 Å². The number of rotatable bonds is 8. The molecule has 0 saturated heterocycles. The number of ether oxygens (including phenoxy) is 2. The molecule has 2 N–H and O–H groups in total. The van der Waals surface area contributed by atoms with Gasteiger partial charge >= 0.3 is 5.97 Å². The minimum Gasteiger partial charge on any atom is -0.493 e. The van der Waals surface area contributed by atoms with Crippen LogP contribution in [0, 0.1) is 18.3 Å². The molecule has 0 aromatic heterocycles. The summed E-state index contributed by atoms with van der Waals surface area (Å²) in [5.41, 5.74) is 2.54. The van der Waals surface area contributed by atoms with Crippen LogP contribution in [-0.4, -0.2) is 24.1 Å². The minimum absolute atomic E-state index is 0.0967. The first kappa shape index (κ1) is 24.4. The van der Waals surface area contributed by atoms with Crippen molar-refractivity contribution >= 4 is 35.2 Å². The molecule has 172 valence electrons. The number of carbonyl (C=O) groups excluding carboxylic acids is 1. The van der Waals surface area contributed by atoms with Crippen molar-refractivity contribution in [2.45, 2.75) is 13.5 Å². The zero-order valence-electron chi connectivity index (χ0n) is 18.5. The number of hydrogen-bond acceptors (Lipinski definition) is 5. The predicted octanol–water partition coefficient (Wildman–Crippen LogP) is 5.48. The Bertz CT molecular complexity index is 1310. The lowest BCUT2D eigenvalue weighted by Crippen LogP contribution is -2.14. The lowest BCUT2D eigenvalue weighted by Gasteiger charge is -2.12. The maximum Gasteiger partial charge on any atom is 0.335 e. The third-order valence-electron chi connectivity index (χ3n) is 4.95. The minimum atomic E-state index is -1.02. The van der Waals surface area contributed by atoms with Gasteiger partial charge in [-0.1, -0.05) is 35.9 Å². The van der Waals surface area contributed by atoms with Crippen LogP contribution in [0.2, 0.25) is 5.02 Å². The van der Waals surface area contributed by atoms with E-state index in [1.54, 1.807) is 55.5 Å². The molecule has 3 rings (SSSR count). The average Bonchev–Trinajstić information content (AvgIpc) is 2.84. The highest BCUT2D eigenvalue weighted by molar-refractivity contribution is 6.31. The molecule has 34 heavy (non-hydrogen) atoms. The zero-order valence-corrected chi connectivity index (χ0v) is 19.2. The fraction of sp³-hybridized carbons (Fsp3) is 0.115. The number of amides is 1. The zero-order chi connectivity index (χ0) is 24.7. The first-order chi connectivity index (χ1) is 16.3. The number of anilines is 1. The average molecular weight is 477 g/mol. The molecule has 3 aromatic rings. The maximum absolute atomic E-state index is 12.6. The van der Waals surface area contributed by atoms with Gasteiger partial charge in [-0.05, 0) is 66.1 Å². The van der Waals surface area contributed by atoms with Crippen LogP contribution in [0.4, 0.5) is 5.69 Å². The smallest absolute Gasteiger partial charge is 0.335 e. The van der Waals surface area contributed by atoms with Gasteiger partial charge in [-0.25, -0.2) is 4.79 Å². The molecule has 0 bridgehead atoms. The molecule has 0 unspecified atom stereocenters. The van der Waals surface area contributed by atoms with Gasteiger partial charge in [0.25, 0.3) is 5.91 Å². The van der Waals surface area contributed by atoms with Gasteiger partial charge in [0, 0.05) is 10.7 Å². The Balaban J connectivity index is 1.77. The molecule has 0 fully saturated rings. The van der Waals surface area contributed by atoms with Gasteiger partial charge in [0.15, 0.2) is 11.5 Å². The number of nitriles is 1. The normalized spacial score (nSPS) is 10.8. The summed E-state index contributed by atoms with van der Waals surface area (Å²) < 4.78 is 11.2. The van der Waals surface area contributed by atoms with Crippen LogP contribution in [0.15, 0.2) is 66.2 Å².